The smallest absolute Gasteiger partial charge is 0.246 e. The monoisotopic (exact) mass is 365 g/mol. The van der Waals surface area contributed by atoms with E-state index >= 15 is 0 Å². The van der Waals surface area contributed by atoms with Gasteiger partial charge in [0.1, 0.15) is 0 Å². The lowest BCUT2D eigenvalue weighted by Gasteiger charge is -2.17. The third kappa shape index (κ3) is 3.51. The number of hydrogen-bond acceptors (Lipinski definition) is 2. The fourth-order valence-corrected chi connectivity index (χ4v) is 4.52. The summed E-state index contributed by atoms with van der Waals surface area (Å²) in [5.41, 5.74) is 3.91. The van der Waals surface area contributed by atoms with Gasteiger partial charge < -0.3 is 0 Å². The molecule has 26 heavy (non-hydrogen) atoms. The number of aromatic nitrogens is 1. The zero-order chi connectivity index (χ0) is 18.7. The van der Waals surface area contributed by atoms with Gasteiger partial charge in [-0.15, -0.1) is 6.58 Å². The molecule has 0 N–H and O–H groups in total. The predicted molar refractivity (Wildman–Crippen MR) is 106 cm³/mol. The molecule has 1 unspecified atom stereocenters. The van der Waals surface area contributed by atoms with Crippen LogP contribution in [0.3, 0.4) is 0 Å². The molecule has 3 nitrogen and oxygen atoms in total. The third-order valence-electron chi connectivity index (χ3n) is 4.68. The normalized spacial score (nSPS) is 12.7. The van der Waals surface area contributed by atoms with E-state index in [0.717, 1.165) is 22.4 Å². The Bertz CT molecular complexity index is 1000. The molecule has 0 amide bonds. The van der Waals surface area contributed by atoms with Gasteiger partial charge in [0.15, 0.2) is 0 Å². The van der Waals surface area contributed by atoms with E-state index in [1.54, 1.807) is 18.3 Å². The van der Waals surface area contributed by atoms with Crippen LogP contribution in [0.1, 0.15) is 28.3 Å². The van der Waals surface area contributed by atoms with Crippen molar-refractivity contribution >= 4 is 10.0 Å². The van der Waals surface area contributed by atoms with Crippen molar-refractivity contribution in [2.45, 2.75) is 31.1 Å². The summed E-state index contributed by atoms with van der Waals surface area (Å²) in [4.78, 5) is 0.301. The summed E-state index contributed by atoms with van der Waals surface area (Å²) in [7, 11) is -3.62. The van der Waals surface area contributed by atoms with Crippen LogP contribution in [0.5, 0.6) is 0 Å². The minimum atomic E-state index is -3.62. The maximum absolute atomic E-state index is 13.1. The maximum atomic E-state index is 13.1. The SMILES string of the molecule is C=CC(Cc1c(C)ccn1S(=O)(=O)c1ccc(C)cc1)c1ccccc1. The molecule has 0 saturated carbocycles. The van der Waals surface area contributed by atoms with Crippen molar-refractivity contribution in [2.24, 2.45) is 0 Å². The van der Waals surface area contributed by atoms with Gasteiger partial charge in [0.25, 0.3) is 10.0 Å². The highest BCUT2D eigenvalue weighted by molar-refractivity contribution is 7.90. The summed E-state index contributed by atoms with van der Waals surface area (Å²) >= 11 is 0. The van der Waals surface area contributed by atoms with Crippen LogP contribution >= 0.6 is 0 Å². The first-order valence-electron chi connectivity index (χ1n) is 8.60. The largest absolute Gasteiger partial charge is 0.267 e. The van der Waals surface area contributed by atoms with Crippen LogP contribution in [0, 0.1) is 13.8 Å². The van der Waals surface area contributed by atoms with Crippen LogP contribution in [0.15, 0.2) is 84.4 Å². The number of aryl methyl sites for hydroxylation is 2. The van der Waals surface area contributed by atoms with Gasteiger partial charge >= 0.3 is 0 Å². The van der Waals surface area contributed by atoms with E-state index in [2.05, 4.69) is 6.58 Å². The Kier molecular flexibility index (Phi) is 5.14. The topological polar surface area (TPSA) is 39.1 Å². The lowest BCUT2D eigenvalue weighted by Crippen LogP contribution is -2.17. The second-order valence-electron chi connectivity index (χ2n) is 6.52. The fraction of sp³-hybridized carbons (Fsp3) is 0.182. The molecule has 4 heteroatoms. The van der Waals surface area contributed by atoms with Crippen molar-refractivity contribution in [3.05, 3.63) is 102 Å². The molecule has 3 aromatic rings. The van der Waals surface area contributed by atoms with Crippen LogP contribution in [-0.2, 0) is 16.4 Å². The number of hydrogen-bond donors (Lipinski definition) is 0. The van der Waals surface area contributed by atoms with Crippen LogP contribution in [0.4, 0.5) is 0 Å². The zero-order valence-electron chi connectivity index (χ0n) is 15.1. The summed E-state index contributed by atoms with van der Waals surface area (Å²) in [6.07, 6.45) is 4.10. The molecule has 0 aliphatic heterocycles. The highest BCUT2D eigenvalue weighted by Crippen LogP contribution is 2.27. The van der Waals surface area contributed by atoms with Crippen LogP contribution < -0.4 is 0 Å². The van der Waals surface area contributed by atoms with E-state index in [4.69, 9.17) is 0 Å². The molecule has 0 spiro atoms. The summed E-state index contributed by atoms with van der Waals surface area (Å²) in [6, 6.07) is 18.8. The number of benzene rings is 2. The first-order chi connectivity index (χ1) is 12.4. The van der Waals surface area contributed by atoms with Crippen molar-refractivity contribution in [3.8, 4) is 0 Å². The van der Waals surface area contributed by atoms with Crippen molar-refractivity contribution in [1.82, 2.24) is 3.97 Å². The molecule has 0 aliphatic rings. The minimum absolute atomic E-state index is 0.0526. The molecule has 1 heterocycles. The molecular weight excluding hydrogens is 342 g/mol. The van der Waals surface area contributed by atoms with E-state index < -0.39 is 10.0 Å². The van der Waals surface area contributed by atoms with E-state index in [1.807, 2.05) is 68.5 Å². The molecule has 0 bridgehead atoms. The molecule has 0 aliphatic carbocycles. The molecule has 3 rings (SSSR count). The molecule has 0 fully saturated rings. The first-order valence-corrected chi connectivity index (χ1v) is 10.0. The number of nitrogens with zero attached hydrogens (tertiary/aromatic N) is 1. The lowest BCUT2D eigenvalue weighted by molar-refractivity contribution is 0.584. The third-order valence-corrected chi connectivity index (χ3v) is 6.41. The Hall–Kier alpha value is -2.59. The van der Waals surface area contributed by atoms with E-state index in [0.29, 0.717) is 11.3 Å². The summed E-state index contributed by atoms with van der Waals surface area (Å²) < 4.78 is 27.7. The highest BCUT2D eigenvalue weighted by atomic mass is 32.2. The summed E-state index contributed by atoms with van der Waals surface area (Å²) in [5.74, 6) is 0.0526. The first kappa shape index (κ1) is 18.2. The number of allylic oxidation sites excluding steroid dienone is 1. The van der Waals surface area contributed by atoms with Gasteiger partial charge in [-0.2, -0.15) is 0 Å². The molecule has 2 aromatic carbocycles. The second-order valence-corrected chi connectivity index (χ2v) is 8.33. The van der Waals surface area contributed by atoms with Crippen molar-refractivity contribution < 1.29 is 8.42 Å². The van der Waals surface area contributed by atoms with Gasteiger partial charge in [-0.25, -0.2) is 12.4 Å². The van der Waals surface area contributed by atoms with Crippen LogP contribution in [0.25, 0.3) is 0 Å². The van der Waals surface area contributed by atoms with Crippen LogP contribution in [-0.4, -0.2) is 12.4 Å². The van der Waals surface area contributed by atoms with Crippen molar-refractivity contribution in [1.29, 1.82) is 0 Å². The Morgan fingerprint density at radius 2 is 1.65 bits per heavy atom. The Morgan fingerprint density at radius 3 is 2.27 bits per heavy atom. The van der Waals surface area contributed by atoms with E-state index in [9.17, 15) is 8.42 Å². The molecule has 0 radical (unpaired) electrons. The number of rotatable bonds is 6. The summed E-state index contributed by atoms with van der Waals surface area (Å²) in [6.45, 7) is 7.84. The predicted octanol–water partition coefficient (Wildman–Crippen LogP) is 4.85. The fourth-order valence-electron chi connectivity index (χ4n) is 3.09. The van der Waals surface area contributed by atoms with Gasteiger partial charge in [0.05, 0.1) is 4.90 Å². The Labute approximate surface area is 155 Å². The Morgan fingerprint density at radius 1 is 1.00 bits per heavy atom. The molecular formula is C22H23NO2S. The van der Waals surface area contributed by atoms with E-state index in [-0.39, 0.29) is 5.92 Å². The average molecular weight is 365 g/mol. The summed E-state index contributed by atoms with van der Waals surface area (Å²) in [5, 5.41) is 0. The lowest BCUT2D eigenvalue weighted by atomic mass is 9.93. The van der Waals surface area contributed by atoms with Gasteiger partial charge in [-0.05, 0) is 49.6 Å². The van der Waals surface area contributed by atoms with Gasteiger partial charge in [-0.1, -0.05) is 54.1 Å². The minimum Gasteiger partial charge on any atom is -0.246 e. The molecule has 0 saturated heterocycles. The quantitative estimate of drug-likeness (QED) is 0.586. The van der Waals surface area contributed by atoms with Gasteiger partial charge in [0.2, 0.25) is 0 Å². The van der Waals surface area contributed by atoms with E-state index in [1.165, 1.54) is 3.97 Å². The van der Waals surface area contributed by atoms with Gasteiger partial charge in [-0.3, -0.25) is 0 Å². The standard InChI is InChI=1S/C22H23NO2S/c1-4-19(20-8-6-5-7-9-20)16-22-18(3)14-15-23(22)26(24,25)21-12-10-17(2)11-13-21/h4-15,19H,1,16H2,2-3H3. The average Bonchev–Trinajstić information content (AvgIpc) is 3.02. The highest BCUT2D eigenvalue weighted by Gasteiger charge is 2.22. The zero-order valence-corrected chi connectivity index (χ0v) is 15.9. The van der Waals surface area contributed by atoms with Crippen LogP contribution in [0.2, 0.25) is 0 Å². The molecule has 134 valence electrons. The molecule has 1 aromatic heterocycles. The molecule has 1 atom stereocenters. The second kappa shape index (κ2) is 7.34. The Balaban J connectivity index is 2.01. The van der Waals surface area contributed by atoms with Gasteiger partial charge in [0, 0.05) is 17.8 Å². The van der Waals surface area contributed by atoms with Crippen molar-refractivity contribution in [2.75, 3.05) is 0 Å². The van der Waals surface area contributed by atoms with Crippen molar-refractivity contribution in [3.63, 3.8) is 0 Å². The maximum Gasteiger partial charge on any atom is 0.267 e.